The fourth-order valence-electron chi connectivity index (χ4n) is 2.62. The average molecular weight is 487 g/mol. The number of anilines is 2. The van der Waals surface area contributed by atoms with Gasteiger partial charge in [-0.25, -0.2) is 9.59 Å². The van der Waals surface area contributed by atoms with Crippen LogP contribution in [0.15, 0.2) is 24.3 Å². The number of aliphatic carboxylic acids is 1. The minimum atomic E-state index is -2.08. The number of amides is 2. The lowest BCUT2D eigenvalue weighted by atomic mass is 10.1. The second kappa shape index (κ2) is 12.0. The van der Waals surface area contributed by atoms with E-state index >= 15 is 0 Å². The van der Waals surface area contributed by atoms with Gasteiger partial charge in [0.25, 0.3) is 5.91 Å². The molecule has 11 nitrogen and oxygen atoms in total. The van der Waals surface area contributed by atoms with Gasteiger partial charge in [0, 0.05) is 37.6 Å². The van der Waals surface area contributed by atoms with E-state index in [2.05, 4.69) is 5.32 Å². The van der Waals surface area contributed by atoms with Crippen molar-refractivity contribution in [2.24, 2.45) is 0 Å². The van der Waals surface area contributed by atoms with E-state index in [0.29, 0.717) is 0 Å². The fourth-order valence-corrected chi connectivity index (χ4v) is 2.79. The predicted molar refractivity (Wildman–Crippen MR) is 118 cm³/mol. The molecule has 0 heterocycles. The molecule has 12 heteroatoms. The maximum atomic E-state index is 13.2. The number of hydrogen-bond donors (Lipinski definition) is 2. The van der Waals surface area contributed by atoms with Crippen molar-refractivity contribution < 1.29 is 43.3 Å². The Bertz CT molecular complexity index is 898. The molecule has 0 unspecified atom stereocenters. The zero-order valence-corrected chi connectivity index (χ0v) is 19.7. The van der Waals surface area contributed by atoms with Gasteiger partial charge in [0.2, 0.25) is 12.2 Å². The number of carbonyl (C=O) groups excluding carboxylic acids is 4. The van der Waals surface area contributed by atoms with Crippen LogP contribution in [-0.4, -0.2) is 65.2 Å². The number of carboxylic acids is 1. The summed E-state index contributed by atoms with van der Waals surface area (Å²) in [5, 5.41) is 12.0. The second-order valence-electron chi connectivity index (χ2n) is 7.75. The van der Waals surface area contributed by atoms with Gasteiger partial charge in [0.1, 0.15) is 5.60 Å². The van der Waals surface area contributed by atoms with Crippen LogP contribution in [0.25, 0.3) is 0 Å². The fraction of sp³-hybridized carbons (Fsp3) is 0.476. The molecule has 0 radical (unpaired) electrons. The standard InChI is InChI=1S/C21H27ClN2O9/c1-12(25)31-16(17(19(28)29)32-13(2)26)18(27)24(10-9-22)15-8-6-7-14(11-15)23-20(30)33-21(3,4)5/h6-8,11,16-17H,9-10H2,1-5H3,(H,23,30)(H,28,29)/t16-,17-/m1/s1. The molecule has 0 aliphatic rings. The molecule has 0 aromatic heterocycles. The van der Waals surface area contributed by atoms with Crippen LogP contribution in [0, 0.1) is 0 Å². The first-order chi connectivity index (χ1) is 15.2. The third-order valence-electron chi connectivity index (χ3n) is 3.72. The van der Waals surface area contributed by atoms with Gasteiger partial charge in [-0.3, -0.25) is 19.7 Å². The molecule has 0 bridgehead atoms. The lowest BCUT2D eigenvalue weighted by Crippen LogP contribution is -2.52. The Balaban J connectivity index is 3.31. The van der Waals surface area contributed by atoms with Gasteiger partial charge in [-0.05, 0) is 39.0 Å². The van der Waals surface area contributed by atoms with Crippen LogP contribution >= 0.6 is 11.6 Å². The normalized spacial score (nSPS) is 12.7. The van der Waals surface area contributed by atoms with Crippen LogP contribution in [0.5, 0.6) is 0 Å². The number of nitrogens with zero attached hydrogens (tertiary/aromatic N) is 1. The van der Waals surface area contributed by atoms with Crippen LogP contribution in [0.1, 0.15) is 34.6 Å². The van der Waals surface area contributed by atoms with Gasteiger partial charge in [0.15, 0.2) is 0 Å². The van der Waals surface area contributed by atoms with E-state index < -0.39 is 47.7 Å². The van der Waals surface area contributed by atoms with Gasteiger partial charge in [0.05, 0.1) is 0 Å². The summed E-state index contributed by atoms with van der Waals surface area (Å²) in [5.74, 6) is -4.68. The van der Waals surface area contributed by atoms with Gasteiger partial charge >= 0.3 is 24.0 Å². The van der Waals surface area contributed by atoms with Crippen molar-refractivity contribution in [3.63, 3.8) is 0 Å². The number of carbonyl (C=O) groups is 5. The molecule has 1 aromatic rings. The molecule has 0 fully saturated rings. The highest BCUT2D eigenvalue weighted by atomic mass is 35.5. The first-order valence-electron chi connectivity index (χ1n) is 9.79. The summed E-state index contributed by atoms with van der Waals surface area (Å²) in [6, 6.07) is 5.98. The van der Waals surface area contributed by atoms with Gasteiger partial charge < -0.3 is 24.2 Å². The molecule has 0 aliphatic heterocycles. The molecule has 1 aromatic carbocycles. The first kappa shape index (κ1) is 27.7. The lowest BCUT2D eigenvalue weighted by Gasteiger charge is -2.29. The topological polar surface area (TPSA) is 149 Å². The lowest BCUT2D eigenvalue weighted by molar-refractivity contribution is -0.180. The van der Waals surface area contributed by atoms with E-state index in [9.17, 15) is 29.1 Å². The highest BCUT2D eigenvalue weighted by molar-refractivity contribution is 6.18. The molecule has 182 valence electrons. The maximum absolute atomic E-state index is 13.2. The minimum absolute atomic E-state index is 0.0619. The predicted octanol–water partition coefficient (Wildman–Crippen LogP) is 2.55. The van der Waals surface area contributed by atoms with Crippen LogP contribution in [-0.2, 0) is 33.4 Å². The Kier molecular flexibility index (Phi) is 10.1. The Hall–Kier alpha value is -3.34. The Morgan fingerprint density at radius 3 is 2.12 bits per heavy atom. The Morgan fingerprint density at radius 1 is 1.06 bits per heavy atom. The van der Waals surface area contributed by atoms with Crippen molar-refractivity contribution in [2.45, 2.75) is 52.4 Å². The number of carboxylic acid groups (broad SMARTS) is 1. The van der Waals surface area contributed by atoms with E-state index in [-0.39, 0.29) is 23.8 Å². The van der Waals surface area contributed by atoms with E-state index in [1.807, 2.05) is 0 Å². The van der Waals surface area contributed by atoms with E-state index in [1.54, 1.807) is 26.8 Å². The zero-order valence-electron chi connectivity index (χ0n) is 18.9. The van der Waals surface area contributed by atoms with Crippen molar-refractivity contribution in [1.29, 1.82) is 0 Å². The quantitative estimate of drug-likeness (QED) is 0.305. The van der Waals surface area contributed by atoms with Crippen LogP contribution in [0.2, 0.25) is 0 Å². The second-order valence-corrected chi connectivity index (χ2v) is 8.13. The third-order valence-corrected chi connectivity index (χ3v) is 3.89. The van der Waals surface area contributed by atoms with Crippen LogP contribution in [0.3, 0.4) is 0 Å². The van der Waals surface area contributed by atoms with E-state index in [4.69, 9.17) is 25.8 Å². The molecule has 1 rings (SSSR count). The van der Waals surface area contributed by atoms with Crippen LogP contribution in [0.4, 0.5) is 16.2 Å². The van der Waals surface area contributed by atoms with Gasteiger partial charge in [-0.2, -0.15) is 0 Å². The summed E-state index contributed by atoms with van der Waals surface area (Å²) >= 11 is 5.83. The SMILES string of the molecule is CC(=O)O[C@@H](C(=O)O)[C@@H](OC(C)=O)C(=O)N(CCCl)c1cccc(NC(=O)OC(C)(C)C)c1. The monoisotopic (exact) mass is 486 g/mol. The molecule has 0 saturated heterocycles. The van der Waals surface area contributed by atoms with Crippen LogP contribution < -0.4 is 10.2 Å². The van der Waals surface area contributed by atoms with Crippen molar-refractivity contribution >= 4 is 52.9 Å². The smallest absolute Gasteiger partial charge is 0.412 e. The number of rotatable bonds is 9. The maximum Gasteiger partial charge on any atom is 0.412 e. The zero-order chi connectivity index (χ0) is 25.3. The number of nitrogens with one attached hydrogen (secondary N) is 1. The summed E-state index contributed by atoms with van der Waals surface area (Å²) < 4.78 is 14.8. The molecule has 2 amide bonds. The van der Waals surface area contributed by atoms with Crippen molar-refractivity contribution in [2.75, 3.05) is 22.6 Å². The van der Waals surface area contributed by atoms with Crippen molar-refractivity contribution in [1.82, 2.24) is 0 Å². The number of alkyl halides is 1. The van der Waals surface area contributed by atoms with Crippen molar-refractivity contribution in [3.8, 4) is 0 Å². The Morgan fingerprint density at radius 2 is 1.64 bits per heavy atom. The molecular weight excluding hydrogens is 460 g/mol. The highest BCUT2D eigenvalue weighted by Gasteiger charge is 2.42. The summed E-state index contributed by atoms with van der Waals surface area (Å²) in [6.07, 6.45) is -4.79. The summed E-state index contributed by atoms with van der Waals surface area (Å²) in [6.45, 7) is 6.90. The summed E-state index contributed by atoms with van der Waals surface area (Å²) in [7, 11) is 0. The third kappa shape index (κ3) is 9.36. The molecule has 2 atom stereocenters. The van der Waals surface area contributed by atoms with Gasteiger partial charge in [-0.15, -0.1) is 11.6 Å². The minimum Gasteiger partial charge on any atom is -0.478 e. The molecular formula is C21H27ClN2O9. The average Bonchev–Trinajstić information content (AvgIpc) is 2.66. The number of ether oxygens (including phenoxy) is 3. The molecule has 2 N–H and O–H groups in total. The van der Waals surface area contributed by atoms with Crippen molar-refractivity contribution in [3.05, 3.63) is 24.3 Å². The Labute approximate surface area is 195 Å². The van der Waals surface area contributed by atoms with Gasteiger partial charge in [-0.1, -0.05) is 6.07 Å². The molecule has 0 aliphatic carbocycles. The number of halogens is 1. The number of esters is 2. The molecule has 0 saturated carbocycles. The van der Waals surface area contributed by atoms with E-state index in [0.717, 1.165) is 18.7 Å². The largest absolute Gasteiger partial charge is 0.478 e. The first-order valence-corrected chi connectivity index (χ1v) is 10.3. The number of hydrogen-bond acceptors (Lipinski definition) is 8. The summed E-state index contributed by atoms with van der Waals surface area (Å²) in [4.78, 5) is 60.9. The number of benzene rings is 1. The highest BCUT2D eigenvalue weighted by Crippen LogP contribution is 2.23. The van der Waals surface area contributed by atoms with E-state index in [1.165, 1.54) is 18.2 Å². The molecule has 0 spiro atoms. The summed E-state index contributed by atoms with van der Waals surface area (Å²) in [5.41, 5.74) is -0.256. The molecule has 33 heavy (non-hydrogen) atoms.